The van der Waals surface area contributed by atoms with Crippen LogP contribution in [0, 0.1) is 5.92 Å². The topological polar surface area (TPSA) is 95.4 Å². The number of carbonyl (C=O) groups is 2. The van der Waals surface area contributed by atoms with Gasteiger partial charge in [0.15, 0.2) is 0 Å². The Labute approximate surface area is 156 Å². The van der Waals surface area contributed by atoms with Crippen LogP contribution >= 0.6 is 11.3 Å². The van der Waals surface area contributed by atoms with E-state index in [-0.39, 0.29) is 29.4 Å². The van der Waals surface area contributed by atoms with E-state index in [2.05, 4.69) is 15.5 Å². The van der Waals surface area contributed by atoms with Crippen molar-refractivity contribution >= 4 is 28.3 Å². The van der Waals surface area contributed by atoms with E-state index in [1.165, 1.54) is 11.3 Å². The van der Waals surface area contributed by atoms with Gasteiger partial charge in [0.25, 0.3) is 5.91 Å². The van der Waals surface area contributed by atoms with Crippen LogP contribution in [0.4, 0.5) is 5.13 Å². The predicted octanol–water partition coefficient (Wildman–Crippen LogP) is 2.86. The highest BCUT2D eigenvalue weighted by Crippen LogP contribution is 2.27. The Balaban J connectivity index is 1.59. The zero-order valence-electron chi connectivity index (χ0n) is 14.8. The quantitative estimate of drug-likeness (QED) is 0.858. The summed E-state index contributed by atoms with van der Waals surface area (Å²) in [6.45, 7) is 5.04. The number of likely N-dealkylation sites (tertiary alicyclic amines) is 1. The number of phenols is 1. The second kappa shape index (κ2) is 7.82. The monoisotopic (exact) mass is 374 g/mol. The second-order valence-electron chi connectivity index (χ2n) is 6.73. The third-order valence-corrected chi connectivity index (χ3v) is 5.27. The number of carbonyl (C=O) groups excluding carboxylic acids is 2. The molecule has 1 aromatic heterocycles. The zero-order valence-corrected chi connectivity index (χ0v) is 15.6. The van der Waals surface area contributed by atoms with Crippen molar-refractivity contribution in [2.45, 2.75) is 32.6 Å². The van der Waals surface area contributed by atoms with Gasteiger partial charge in [-0.25, -0.2) is 0 Å². The molecule has 1 aliphatic rings. The lowest BCUT2D eigenvalue weighted by molar-refractivity contribution is -0.121. The van der Waals surface area contributed by atoms with Gasteiger partial charge in [0.1, 0.15) is 11.3 Å². The molecule has 2 heterocycles. The van der Waals surface area contributed by atoms with E-state index < -0.39 is 0 Å². The summed E-state index contributed by atoms with van der Waals surface area (Å²) in [6, 6.07) is 5.21. The molecule has 3 rings (SSSR count). The lowest BCUT2D eigenvalue weighted by atomic mass is 9.95. The first-order chi connectivity index (χ1) is 12.5. The fraction of sp³-hybridized carbons (Fsp3) is 0.444. The standard InChI is InChI=1S/C18H22N4O3S/c1-11(2)13-3-4-14(15(23)9-13)17(25)22-7-5-12(6-8-22)16(24)20-18-21-19-10-26-18/h3-4,9-12,23H,5-8H2,1-2H3,(H,20,21,24). The van der Waals surface area contributed by atoms with Crippen LogP contribution in [0.25, 0.3) is 0 Å². The summed E-state index contributed by atoms with van der Waals surface area (Å²) >= 11 is 1.28. The number of rotatable bonds is 4. The molecule has 2 N–H and O–H groups in total. The molecule has 1 aromatic carbocycles. The summed E-state index contributed by atoms with van der Waals surface area (Å²) in [5, 5.41) is 20.9. The summed E-state index contributed by atoms with van der Waals surface area (Å²) in [6.07, 6.45) is 1.17. The van der Waals surface area contributed by atoms with Gasteiger partial charge in [-0.15, -0.1) is 10.2 Å². The highest BCUT2D eigenvalue weighted by Gasteiger charge is 2.29. The van der Waals surface area contributed by atoms with Crippen LogP contribution < -0.4 is 5.32 Å². The smallest absolute Gasteiger partial charge is 0.257 e. The maximum absolute atomic E-state index is 12.7. The van der Waals surface area contributed by atoms with Crippen LogP contribution in [-0.2, 0) is 4.79 Å². The summed E-state index contributed by atoms with van der Waals surface area (Å²) in [4.78, 5) is 26.6. The van der Waals surface area contributed by atoms with E-state index in [0.717, 1.165) is 5.56 Å². The molecular weight excluding hydrogens is 352 g/mol. The number of aromatic hydroxyl groups is 1. The molecule has 0 bridgehead atoms. The maximum Gasteiger partial charge on any atom is 0.257 e. The van der Waals surface area contributed by atoms with Crippen LogP contribution in [0.15, 0.2) is 23.7 Å². The van der Waals surface area contributed by atoms with Crippen LogP contribution in [0.3, 0.4) is 0 Å². The third-order valence-electron chi connectivity index (χ3n) is 4.66. The Bertz CT molecular complexity index is 784. The third kappa shape index (κ3) is 4.01. The lowest BCUT2D eigenvalue weighted by Crippen LogP contribution is -2.41. The van der Waals surface area contributed by atoms with Crippen molar-refractivity contribution in [1.29, 1.82) is 0 Å². The van der Waals surface area contributed by atoms with Crippen molar-refractivity contribution < 1.29 is 14.7 Å². The minimum atomic E-state index is -0.194. The second-order valence-corrected chi connectivity index (χ2v) is 7.56. The number of nitrogens with zero attached hydrogens (tertiary/aromatic N) is 3. The molecule has 1 fully saturated rings. The van der Waals surface area contributed by atoms with Crippen LogP contribution in [0.5, 0.6) is 5.75 Å². The highest BCUT2D eigenvalue weighted by molar-refractivity contribution is 7.13. The molecule has 0 saturated carbocycles. The number of amides is 2. The maximum atomic E-state index is 12.7. The number of piperidine rings is 1. The molecule has 1 saturated heterocycles. The van der Waals surface area contributed by atoms with Gasteiger partial charge in [0.05, 0.1) is 5.56 Å². The molecule has 0 radical (unpaired) electrons. The van der Waals surface area contributed by atoms with Crippen LogP contribution in [0.2, 0.25) is 0 Å². The average Bonchev–Trinajstić information content (AvgIpc) is 3.14. The van der Waals surface area contributed by atoms with Gasteiger partial charge < -0.3 is 15.3 Å². The molecule has 0 aliphatic carbocycles. The van der Waals surface area contributed by atoms with Crippen molar-refractivity contribution in [3.8, 4) is 5.75 Å². The molecule has 138 valence electrons. The lowest BCUT2D eigenvalue weighted by Gasteiger charge is -2.31. The number of aromatic nitrogens is 2. The van der Waals surface area contributed by atoms with E-state index in [0.29, 0.717) is 36.6 Å². The minimum absolute atomic E-state index is 0.0114. The molecule has 8 heteroatoms. The van der Waals surface area contributed by atoms with Gasteiger partial charge >= 0.3 is 0 Å². The number of hydrogen-bond acceptors (Lipinski definition) is 6. The Hall–Kier alpha value is -2.48. The van der Waals surface area contributed by atoms with E-state index in [9.17, 15) is 14.7 Å². The molecule has 1 aliphatic heterocycles. The molecule has 2 amide bonds. The van der Waals surface area contributed by atoms with E-state index in [4.69, 9.17) is 0 Å². The number of anilines is 1. The molecule has 0 atom stereocenters. The Kier molecular flexibility index (Phi) is 5.51. The van der Waals surface area contributed by atoms with Gasteiger partial charge in [-0.3, -0.25) is 9.59 Å². The minimum Gasteiger partial charge on any atom is -0.507 e. The number of benzene rings is 1. The molecular formula is C18H22N4O3S. The van der Waals surface area contributed by atoms with Gasteiger partial charge in [-0.1, -0.05) is 31.3 Å². The first-order valence-electron chi connectivity index (χ1n) is 8.65. The first kappa shape index (κ1) is 18.3. The molecule has 7 nitrogen and oxygen atoms in total. The summed E-state index contributed by atoms with van der Waals surface area (Å²) < 4.78 is 0. The van der Waals surface area contributed by atoms with E-state index in [1.54, 1.807) is 22.5 Å². The fourth-order valence-electron chi connectivity index (χ4n) is 3.04. The Morgan fingerprint density at radius 3 is 2.62 bits per heavy atom. The Morgan fingerprint density at radius 2 is 2.04 bits per heavy atom. The average molecular weight is 374 g/mol. The van der Waals surface area contributed by atoms with Crippen LogP contribution in [0.1, 0.15) is 48.5 Å². The van der Waals surface area contributed by atoms with E-state index in [1.807, 2.05) is 19.9 Å². The van der Waals surface area contributed by atoms with Crippen LogP contribution in [-0.4, -0.2) is 45.1 Å². The predicted molar refractivity (Wildman–Crippen MR) is 99.4 cm³/mol. The summed E-state index contributed by atoms with van der Waals surface area (Å²) in [5.41, 5.74) is 2.87. The van der Waals surface area contributed by atoms with Crippen molar-refractivity contribution in [3.63, 3.8) is 0 Å². The van der Waals surface area contributed by atoms with Crippen molar-refractivity contribution in [2.75, 3.05) is 18.4 Å². The van der Waals surface area contributed by atoms with Gasteiger partial charge in [0.2, 0.25) is 11.0 Å². The molecule has 0 spiro atoms. The van der Waals surface area contributed by atoms with Gasteiger partial charge in [0, 0.05) is 19.0 Å². The largest absolute Gasteiger partial charge is 0.507 e. The van der Waals surface area contributed by atoms with Gasteiger partial charge in [-0.05, 0) is 36.5 Å². The van der Waals surface area contributed by atoms with Crippen molar-refractivity contribution in [2.24, 2.45) is 5.92 Å². The molecule has 0 unspecified atom stereocenters. The van der Waals surface area contributed by atoms with Crippen molar-refractivity contribution in [3.05, 3.63) is 34.8 Å². The fourth-order valence-corrected chi connectivity index (χ4v) is 3.49. The summed E-state index contributed by atoms with van der Waals surface area (Å²) in [7, 11) is 0. The van der Waals surface area contributed by atoms with Crippen molar-refractivity contribution in [1.82, 2.24) is 15.1 Å². The summed E-state index contributed by atoms with van der Waals surface area (Å²) in [5.74, 6) is -0.136. The zero-order chi connectivity index (χ0) is 18.7. The Morgan fingerprint density at radius 1 is 1.31 bits per heavy atom. The number of nitrogens with one attached hydrogen (secondary N) is 1. The van der Waals surface area contributed by atoms with Gasteiger partial charge in [-0.2, -0.15) is 0 Å². The normalized spacial score (nSPS) is 15.3. The number of phenolic OH excluding ortho intramolecular Hbond substituents is 1. The van der Waals surface area contributed by atoms with E-state index >= 15 is 0 Å². The number of hydrogen-bond donors (Lipinski definition) is 2. The molecule has 2 aromatic rings. The highest BCUT2D eigenvalue weighted by atomic mass is 32.1. The first-order valence-corrected chi connectivity index (χ1v) is 9.53. The SMILES string of the molecule is CC(C)c1ccc(C(=O)N2CCC(C(=O)Nc3nncs3)CC2)c(O)c1. The molecule has 26 heavy (non-hydrogen) atoms.